The van der Waals surface area contributed by atoms with Crippen molar-refractivity contribution in [2.24, 2.45) is 0 Å². The molecular formula is C13H14ClN3. The molecule has 0 atom stereocenters. The molecule has 0 aliphatic heterocycles. The van der Waals surface area contributed by atoms with E-state index in [1.807, 2.05) is 18.2 Å². The van der Waals surface area contributed by atoms with Gasteiger partial charge in [-0.3, -0.25) is 0 Å². The number of benzene rings is 1. The van der Waals surface area contributed by atoms with Gasteiger partial charge in [-0.05, 0) is 43.0 Å². The van der Waals surface area contributed by atoms with E-state index in [9.17, 15) is 0 Å². The number of hydrogen-bond donors (Lipinski definition) is 0. The predicted octanol–water partition coefficient (Wildman–Crippen LogP) is 3.27. The quantitative estimate of drug-likeness (QED) is 0.763. The average Bonchev–Trinajstić information content (AvgIpc) is 2.25. The summed E-state index contributed by atoms with van der Waals surface area (Å²) in [6.45, 7) is 0. The van der Waals surface area contributed by atoms with E-state index in [4.69, 9.17) is 11.6 Å². The van der Waals surface area contributed by atoms with Crippen molar-refractivity contribution in [3.63, 3.8) is 0 Å². The van der Waals surface area contributed by atoms with E-state index in [1.54, 1.807) is 0 Å². The smallest absolute Gasteiger partial charge is 0.224 e. The molecule has 4 heteroatoms. The van der Waals surface area contributed by atoms with E-state index < -0.39 is 0 Å². The summed E-state index contributed by atoms with van der Waals surface area (Å²) in [6.07, 6.45) is 3.80. The van der Waals surface area contributed by atoms with Crippen LogP contribution in [0.5, 0.6) is 0 Å². The van der Waals surface area contributed by atoms with Crippen LogP contribution in [0.15, 0.2) is 24.3 Å². The predicted molar refractivity (Wildman–Crippen MR) is 70.6 cm³/mol. The zero-order valence-electron chi connectivity index (χ0n) is 9.73. The van der Waals surface area contributed by atoms with Crippen molar-refractivity contribution < 1.29 is 0 Å². The second-order valence-corrected chi connectivity index (χ2v) is 4.87. The summed E-state index contributed by atoms with van der Waals surface area (Å²) < 4.78 is 0. The second kappa shape index (κ2) is 4.15. The third-order valence-corrected chi connectivity index (χ3v) is 3.68. The number of anilines is 1. The molecule has 0 spiro atoms. The monoisotopic (exact) mass is 247 g/mol. The first kappa shape index (κ1) is 10.8. The summed E-state index contributed by atoms with van der Waals surface area (Å²) >= 11 is 5.98. The highest BCUT2D eigenvalue weighted by Crippen LogP contribution is 2.31. The molecule has 0 amide bonds. The van der Waals surface area contributed by atoms with Gasteiger partial charge >= 0.3 is 0 Å². The minimum absolute atomic E-state index is 0.324. The molecule has 3 rings (SSSR count). The van der Waals surface area contributed by atoms with Crippen molar-refractivity contribution in [3.05, 3.63) is 29.5 Å². The van der Waals surface area contributed by atoms with Gasteiger partial charge in [0.15, 0.2) is 0 Å². The maximum atomic E-state index is 5.98. The Morgan fingerprint density at radius 2 is 2.00 bits per heavy atom. The van der Waals surface area contributed by atoms with E-state index in [-0.39, 0.29) is 0 Å². The van der Waals surface area contributed by atoms with Crippen LogP contribution in [0.4, 0.5) is 5.82 Å². The van der Waals surface area contributed by atoms with Gasteiger partial charge in [-0.15, -0.1) is 0 Å². The van der Waals surface area contributed by atoms with Gasteiger partial charge in [0.25, 0.3) is 0 Å². The molecule has 0 saturated heterocycles. The third-order valence-electron chi connectivity index (χ3n) is 3.51. The van der Waals surface area contributed by atoms with E-state index in [2.05, 4.69) is 28.0 Å². The first-order valence-corrected chi connectivity index (χ1v) is 6.28. The van der Waals surface area contributed by atoms with Gasteiger partial charge in [0, 0.05) is 18.5 Å². The Bertz CT molecular complexity index is 551. The maximum absolute atomic E-state index is 5.98. The molecule has 1 saturated carbocycles. The minimum Gasteiger partial charge on any atom is -0.356 e. The number of halogens is 1. The van der Waals surface area contributed by atoms with E-state index >= 15 is 0 Å². The van der Waals surface area contributed by atoms with Crippen molar-refractivity contribution in [1.82, 2.24) is 9.97 Å². The van der Waals surface area contributed by atoms with Gasteiger partial charge in [-0.1, -0.05) is 12.1 Å². The molecule has 1 fully saturated rings. The Kier molecular flexibility index (Phi) is 2.63. The van der Waals surface area contributed by atoms with Crippen LogP contribution in [0.1, 0.15) is 19.3 Å². The van der Waals surface area contributed by atoms with Crippen LogP contribution in [0.3, 0.4) is 0 Å². The molecule has 1 aromatic carbocycles. The molecule has 1 aliphatic rings. The van der Waals surface area contributed by atoms with Crippen LogP contribution in [0, 0.1) is 0 Å². The molecule has 3 nitrogen and oxygen atoms in total. The summed E-state index contributed by atoms with van der Waals surface area (Å²) in [7, 11) is 2.09. The van der Waals surface area contributed by atoms with Crippen LogP contribution < -0.4 is 4.90 Å². The normalized spacial score (nSPS) is 15.9. The number of aromatic nitrogens is 2. The Hall–Kier alpha value is -1.35. The summed E-state index contributed by atoms with van der Waals surface area (Å²) in [5.74, 6) is 0.949. The lowest BCUT2D eigenvalue weighted by Gasteiger charge is -2.36. The van der Waals surface area contributed by atoms with Crippen molar-refractivity contribution in [2.75, 3.05) is 11.9 Å². The van der Waals surface area contributed by atoms with Gasteiger partial charge in [-0.2, -0.15) is 4.98 Å². The summed E-state index contributed by atoms with van der Waals surface area (Å²) in [5.41, 5.74) is 0.911. The number of para-hydroxylation sites is 1. The Morgan fingerprint density at radius 3 is 2.71 bits per heavy atom. The fourth-order valence-electron chi connectivity index (χ4n) is 2.25. The Balaban J connectivity index is 2.13. The molecule has 17 heavy (non-hydrogen) atoms. The molecular weight excluding hydrogens is 234 g/mol. The number of nitrogens with zero attached hydrogens (tertiary/aromatic N) is 3. The molecule has 1 aromatic heterocycles. The molecule has 0 N–H and O–H groups in total. The number of hydrogen-bond acceptors (Lipinski definition) is 3. The number of fused-ring (bicyclic) bond motifs is 1. The first-order valence-electron chi connectivity index (χ1n) is 5.91. The maximum Gasteiger partial charge on any atom is 0.224 e. The van der Waals surface area contributed by atoms with Gasteiger partial charge in [0.05, 0.1) is 5.52 Å². The molecule has 0 radical (unpaired) electrons. The van der Waals surface area contributed by atoms with Crippen LogP contribution in [0.2, 0.25) is 5.28 Å². The van der Waals surface area contributed by atoms with Crippen molar-refractivity contribution in [3.8, 4) is 0 Å². The highest BCUT2D eigenvalue weighted by molar-refractivity contribution is 6.28. The molecule has 0 unspecified atom stereocenters. The van der Waals surface area contributed by atoms with Gasteiger partial charge in [0.2, 0.25) is 5.28 Å². The van der Waals surface area contributed by atoms with E-state index in [1.165, 1.54) is 19.3 Å². The van der Waals surface area contributed by atoms with Crippen LogP contribution in [-0.4, -0.2) is 23.1 Å². The largest absolute Gasteiger partial charge is 0.356 e. The summed E-state index contributed by atoms with van der Waals surface area (Å²) in [4.78, 5) is 10.9. The lowest BCUT2D eigenvalue weighted by Crippen LogP contribution is -2.37. The minimum atomic E-state index is 0.324. The van der Waals surface area contributed by atoms with Crippen molar-refractivity contribution >= 4 is 28.3 Å². The average molecular weight is 248 g/mol. The van der Waals surface area contributed by atoms with Gasteiger partial charge < -0.3 is 4.90 Å². The molecule has 0 bridgehead atoms. The lowest BCUT2D eigenvalue weighted by atomic mass is 9.92. The van der Waals surface area contributed by atoms with Crippen LogP contribution in [0.25, 0.3) is 10.9 Å². The molecule has 1 heterocycles. The zero-order valence-corrected chi connectivity index (χ0v) is 10.5. The summed E-state index contributed by atoms with van der Waals surface area (Å²) in [6, 6.07) is 8.61. The van der Waals surface area contributed by atoms with Gasteiger partial charge in [0.1, 0.15) is 5.82 Å². The number of rotatable bonds is 2. The SMILES string of the molecule is CN(c1nc(Cl)nc2ccccc12)C1CCC1. The Morgan fingerprint density at radius 1 is 1.24 bits per heavy atom. The summed E-state index contributed by atoms with van der Waals surface area (Å²) in [5, 5.41) is 1.40. The highest BCUT2D eigenvalue weighted by Gasteiger charge is 2.24. The van der Waals surface area contributed by atoms with Crippen LogP contribution in [-0.2, 0) is 0 Å². The standard InChI is InChI=1S/C13H14ClN3/c1-17(9-5-4-6-9)12-10-7-2-3-8-11(10)15-13(14)16-12/h2-3,7-9H,4-6H2,1H3. The Labute approximate surface area is 105 Å². The molecule has 1 aliphatic carbocycles. The van der Waals surface area contributed by atoms with Crippen LogP contribution >= 0.6 is 11.6 Å². The first-order chi connectivity index (χ1) is 8.25. The molecule has 88 valence electrons. The topological polar surface area (TPSA) is 29.0 Å². The molecule has 2 aromatic rings. The van der Waals surface area contributed by atoms with E-state index in [0.717, 1.165) is 16.7 Å². The second-order valence-electron chi connectivity index (χ2n) is 4.53. The van der Waals surface area contributed by atoms with Crippen molar-refractivity contribution in [2.45, 2.75) is 25.3 Å². The third kappa shape index (κ3) is 1.84. The zero-order chi connectivity index (χ0) is 11.8. The van der Waals surface area contributed by atoms with E-state index in [0.29, 0.717) is 11.3 Å². The fraction of sp³-hybridized carbons (Fsp3) is 0.385. The fourth-order valence-corrected chi connectivity index (χ4v) is 2.42. The highest BCUT2D eigenvalue weighted by atomic mass is 35.5. The van der Waals surface area contributed by atoms with Crippen molar-refractivity contribution in [1.29, 1.82) is 0 Å². The lowest BCUT2D eigenvalue weighted by molar-refractivity contribution is 0.400. The van der Waals surface area contributed by atoms with Gasteiger partial charge in [-0.25, -0.2) is 4.98 Å².